The lowest BCUT2D eigenvalue weighted by Crippen LogP contribution is -2.31. The summed E-state index contributed by atoms with van der Waals surface area (Å²) < 4.78 is 13.5. The molecule has 0 unspecified atom stereocenters. The maximum atomic E-state index is 13.5. The first-order valence-corrected chi connectivity index (χ1v) is 9.22. The second-order valence-corrected chi connectivity index (χ2v) is 7.03. The molecule has 136 valence electrons. The Morgan fingerprint density at radius 3 is 2.92 bits per heavy atom. The average Bonchev–Trinajstić information content (AvgIpc) is 2.62. The molecule has 0 aliphatic carbocycles. The van der Waals surface area contributed by atoms with Crippen LogP contribution >= 0.6 is 11.8 Å². The molecule has 0 saturated carbocycles. The van der Waals surface area contributed by atoms with Crippen LogP contribution in [0.25, 0.3) is 0 Å². The molecule has 0 saturated heterocycles. The van der Waals surface area contributed by atoms with Crippen molar-refractivity contribution in [2.24, 2.45) is 0 Å². The van der Waals surface area contributed by atoms with Crippen LogP contribution in [0.3, 0.4) is 0 Å². The third-order valence-corrected chi connectivity index (χ3v) is 5.24. The fraction of sp³-hybridized carbons (Fsp3) is 0.278. The van der Waals surface area contributed by atoms with Crippen LogP contribution in [0.15, 0.2) is 47.4 Å². The van der Waals surface area contributed by atoms with Crippen molar-refractivity contribution in [3.8, 4) is 0 Å². The van der Waals surface area contributed by atoms with Gasteiger partial charge in [0.1, 0.15) is 11.5 Å². The van der Waals surface area contributed by atoms with Gasteiger partial charge in [-0.25, -0.2) is 4.39 Å². The summed E-state index contributed by atoms with van der Waals surface area (Å²) in [6.07, 6.45) is 0.908. The molecule has 1 aliphatic heterocycles. The van der Waals surface area contributed by atoms with Gasteiger partial charge in [0.25, 0.3) is 5.69 Å². The van der Waals surface area contributed by atoms with Crippen molar-refractivity contribution in [2.45, 2.75) is 23.8 Å². The monoisotopic (exact) mass is 375 g/mol. The Labute approximate surface area is 154 Å². The number of nitrogens with one attached hydrogen (secondary N) is 2. The molecule has 2 aromatic carbocycles. The van der Waals surface area contributed by atoms with E-state index in [-0.39, 0.29) is 36.4 Å². The van der Waals surface area contributed by atoms with Crippen molar-refractivity contribution in [3.63, 3.8) is 0 Å². The number of benzene rings is 2. The van der Waals surface area contributed by atoms with Gasteiger partial charge in [-0.1, -0.05) is 12.1 Å². The van der Waals surface area contributed by atoms with Crippen LogP contribution in [-0.4, -0.2) is 23.1 Å². The lowest BCUT2D eigenvalue weighted by atomic mass is 10.0. The Kier molecular flexibility index (Phi) is 5.72. The zero-order chi connectivity index (χ0) is 18.5. The van der Waals surface area contributed by atoms with Crippen LogP contribution in [0.5, 0.6) is 0 Å². The van der Waals surface area contributed by atoms with Crippen LogP contribution in [0.2, 0.25) is 0 Å². The van der Waals surface area contributed by atoms with Gasteiger partial charge in [-0.2, -0.15) is 0 Å². The molecule has 1 amide bonds. The van der Waals surface area contributed by atoms with E-state index in [0.29, 0.717) is 5.69 Å². The van der Waals surface area contributed by atoms with E-state index in [1.807, 2.05) is 0 Å². The molecule has 1 aliphatic rings. The number of fused-ring (bicyclic) bond motifs is 1. The normalized spacial score (nSPS) is 15.8. The summed E-state index contributed by atoms with van der Waals surface area (Å²) >= 11 is 1.65. The first-order chi connectivity index (χ1) is 12.5. The smallest absolute Gasteiger partial charge is 0.292 e. The average molecular weight is 375 g/mol. The van der Waals surface area contributed by atoms with Gasteiger partial charge in [0.2, 0.25) is 5.91 Å². The van der Waals surface area contributed by atoms with Crippen LogP contribution in [0, 0.1) is 15.9 Å². The molecule has 8 heteroatoms. The van der Waals surface area contributed by atoms with Gasteiger partial charge in [-0.3, -0.25) is 14.9 Å². The minimum absolute atomic E-state index is 0.0263. The highest BCUT2D eigenvalue weighted by atomic mass is 32.2. The van der Waals surface area contributed by atoms with Crippen molar-refractivity contribution in [1.29, 1.82) is 0 Å². The quantitative estimate of drug-likeness (QED) is 0.591. The Hall–Kier alpha value is -2.61. The summed E-state index contributed by atoms with van der Waals surface area (Å²) in [5.74, 6) is 0.365. The van der Waals surface area contributed by atoms with Crippen molar-refractivity contribution < 1.29 is 14.1 Å². The minimum atomic E-state index is -0.465. The summed E-state index contributed by atoms with van der Waals surface area (Å²) in [5.41, 5.74) is 1.16. The molecule has 0 bridgehead atoms. The van der Waals surface area contributed by atoms with E-state index < -0.39 is 4.92 Å². The van der Waals surface area contributed by atoms with E-state index in [1.54, 1.807) is 36.0 Å². The van der Waals surface area contributed by atoms with Gasteiger partial charge < -0.3 is 10.6 Å². The van der Waals surface area contributed by atoms with Crippen LogP contribution < -0.4 is 10.6 Å². The SMILES string of the molecule is O=C(CCNc1ccccc1[N+](=O)[O-])N[C@@H]1CCSc2ccc(F)cc21. The van der Waals surface area contributed by atoms with Crippen LogP contribution in [0.1, 0.15) is 24.4 Å². The fourth-order valence-corrected chi connectivity index (χ4v) is 3.98. The summed E-state index contributed by atoms with van der Waals surface area (Å²) in [7, 11) is 0. The number of carbonyl (C=O) groups excluding carboxylic acids is 1. The number of para-hydroxylation sites is 2. The molecule has 1 heterocycles. The Morgan fingerprint density at radius 1 is 1.31 bits per heavy atom. The maximum Gasteiger partial charge on any atom is 0.292 e. The molecule has 2 N–H and O–H groups in total. The zero-order valence-electron chi connectivity index (χ0n) is 13.9. The second kappa shape index (κ2) is 8.18. The van der Waals surface area contributed by atoms with Gasteiger partial charge in [0.05, 0.1) is 11.0 Å². The van der Waals surface area contributed by atoms with Gasteiger partial charge in [0.15, 0.2) is 0 Å². The van der Waals surface area contributed by atoms with E-state index >= 15 is 0 Å². The number of halogens is 1. The predicted molar refractivity (Wildman–Crippen MR) is 98.8 cm³/mol. The number of thioether (sulfide) groups is 1. The molecular weight excluding hydrogens is 357 g/mol. The van der Waals surface area contributed by atoms with Crippen molar-refractivity contribution >= 4 is 29.0 Å². The topological polar surface area (TPSA) is 84.3 Å². The van der Waals surface area contributed by atoms with E-state index in [2.05, 4.69) is 10.6 Å². The minimum Gasteiger partial charge on any atom is -0.379 e. The van der Waals surface area contributed by atoms with E-state index in [9.17, 15) is 19.3 Å². The molecule has 26 heavy (non-hydrogen) atoms. The number of carbonyl (C=O) groups is 1. The standard InChI is InChI=1S/C18H18FN3O3S/c19-12-5-6-17-13(11-12)14(8-10-26-17)21-18(23)7-9-20-15-3-1-2-4-16(15)22(24)25/h1-6,11,14,20H,7-10H2,(H,21,23)/t14-/m1/s1. The second-order valence-electron chi connectivity index (χ2n) is 5.89. The zero-order valence-corrected chi connectivity index (χ0v) is 14.7. The van der Waals surface area contributed by atoms with Gasteiger partial charge in [-0.05, 0) is 36.2 Å². The molecule has 1 atom stereocenters. The number of hydrogen-bond donors (Lipinski definition) is 2. The van der Waals surface area contributed by atoms with Gasteiger partial charge >= 0.3 is 0 Å². The molecule has 0 spiro atoms. The predicted octanol–water partition coefficient (Wildman–Crippen LogP) is 3.89. The fourth-order valence-electron chi connectivity index (χ4n) is 2.87. The number of nitro groups is 1. The van der Waals surface area contributed by atoms with E-state index in [0.717, 1.165) is 22.6 Å². The van der Waals surface area contributed by atoms with Gasteiger partial charge in [0, 0.05) is 29.7 Å². The van der Waals surface area contributed by atoms with Crippen LogP contribution in [0.4, 0.5) is 15.8 Å². The number of hydrogen-bond acceptors (Lipinski definition) is 5. The summed E-state index contributed by atoms with van der Waals surface area (Å²) in [6.45, 7) is 0.272. The van der Waals surface area contributed by atoms with Crippen molar-refractivity contribution in [3.05, 3.63) is 64.0 Å². The summed E-state index contributed by atoms with van der Waals surface area (Å²) in [5, 5.41) is 16.8. The third-order valence-electron chi connectivity index (χ3n) is 4.11. The number of anilines is 1. The van der Waals surface area contributed by atoms with E-state index in [1.165, 1.54) is 18.2 Å². The first-order valence-electron chi connectivity index (χ1n) is 8.23. The molecule has 2 aromatic rings. The van der Waals surface area contributed by atoms with Crippen LogP contribution in [-0.2, 0) is 4.79 Å². The molecular formula is C18H18FN3O3S. The molecule has 0 fully saturated rings. The van der Waals surface area contributed by atoms with Gasteiger partial charge in [-0.15, -0.1) is 11.8 Å². The maximum absolute atomic E-state index is 13.5. The lowest BCUT2D eigenvalue weighted by Gasteiger charge is -2.26. The number of amides is 1. The highest BCUT2D eigenvalue weighted by molar-refractivity contribution is 7.99. The highest BCUT2D eigenvalue weighted by Crippen LogP contribution is 2.36. The Balaban J connectivity index is 1.56. The molecule has 0 aromatic heterocycles. The summed E-state index contributed by atoms with van der Waals surface area (Å²) in [6, 6.07) is 10.7. The number of nitrogens with zero attached hydrogens (tertiary/aromatic N) is 1. The lowest BCUT2D eigenvalue weighted by molar-refractivity contribution is -0.384. The first kappa shape index (κ1) is 18.2. The molecule has 6 nitrogen and oxygen atoms in total. The number of rotatable bonds is 6. The number of nitro benzene ring substituents is 1. The highest BCUT2D eigenvalue weighted by Gasteiger charge is 2.22. The van der Waals surface area contributed by atoms with E-state index in [4.69, 9.17) is 0 Å². The Bertz CT molecular complexity index is 831. The van der Waals surface area contributed by atoms with Crippen molar-refractivity contribution in [2.75, 3.05) is 17.6 Å². The Morgan fingerprint density at radius 2 is 2.12 bits per heavy atom. The van der Waals surface area contributed by atoms with Crippen molar-refractivity contribution in [1.82, 2.24) is 5.32 Å². The summed E-state index contributed by atoms with van der Waals surface area (Å²) in [4.78, 5) is 23.7. The largest absolute Gasteiger partial charge is 0.379 e. The molecule has 3 rings (SSSR count). The molecule has 0 radical (unpaired) electrons. The third kappa shape index (κ3) is 4.32.